The third kappa shape index (κ3) is 12.2. The number of ketones is 2. The average molecular weight is 526 g/mol. The van der Waals surface area contributed by atoms with E-state index in [1.54, 1.807) is 36.4 Å². The Labute approximate surface area is 217 Å². The summed E-state index contributed by atoms with van der Waals surface area (Å²) in [6.07, 6.45) is 2.74. The Morgan fingerprint density at radius 2 is 1.45 bits per heavy atom. The zero-order valence-corrected chi connectivity index (χ0v) is 20.4. The van der Waals surface area contributed by atoms with E-state index in [-0.39, 0.29) is 25.2 Å². The molecule has 0 bridgehead atoms. The van der Waals surface area contributed by atoms with Gasteiger partial charge in [-0.2, -0.15) is 4.99 Å². The Morgan fingerprint density at radius 3 is 2.21 bits per heavy atom. The number of isocyanates is 1. The van der Waals surface area contributed by atoms with Gasteiger partial charge in [0, 0.05) is 30.7 Å². The van der Waals surface area contributed by atoms with E-state index in [4.69, 9.17) is 18.9 Å². The summed E-state index contributed by atoms with van der Waals surface area (Å²) in [5.41, 5.74) is 0.824. The van der Waals surface area contributed by atoms with Gasteiger partial charge in [-0.3, -0.25) is 19.2 Å². The van der Waals surface area contributed by atoms with Crippen LogP contribution in [0.1, 0.15) is 25.7 Å². The Kier molecular flexibility index (Phi) is 13.0. The summed E-state index contributed by atoms with van der Waals surface area (Å²) in [5, 5.41) is 2.45. The molecule has 12 nitrogen and oxygen atoms in total. The van der Waals surface area contributed by atoms with Crippen molar-refractivity contribution in [2.24, 2.45) is 4.99 Å². The van der Waals surface area contributed by atoms with Crippen molar-refractivity contribution in [3.63, 3.8) is 0 Å². The number of esters is 2. The summed E-state index contributed by atoms with van der Waals surface area (Å²) in [6, 6.07) is 12.6. The second-order valence-corrected chi connectivity index (χ2v) is 7.67. The molecule has 1 amide bonds. The van der Waals surface area contributed by atoms with Crippen LogP contribution in [0.2, 0.25) is 0 Å². The van der Waals surface area contributed by atoms with Crippen molar-refractivity contribution in [3.05, 3.63) is 48.5 Å². The van der Waals surface area contributed by atoms with Crippen LogP contribution < -0.4 is 14.8 Å². The number of nitrogens with zero attached hydrogens (tertiary/aromatic N) is 1. The van der Waals surface area contributed by atoms with Crippen LogP contribution in [0.5, 0.6) is 11.5 Å². The second kappa shape index (κ2) is 16.8. The van der Waals surface area contributed by atoms with Crippen LogP contribution in [0.3, 0.4) is 0 Å². The minimum Gasteiger partial charge on any atom is -0.486 e. The number of anilines is 1. The van der Waals surface area contributed by atoms with Crippen molar-refractivity contribution < 1.29 is 47.7 Å². The number of ether oxygens (including phenoxy) is 4. The number of rotatable bonds is 18. The molecule has 0 spiro atoms. The molecule has 2 rings (SSSR count). The summed E-state index contributed by atoms with van der Waals surface area (Å²) in [5.74, 6) is -1.44. The highest BCUT2D eigenvalue weighted by molar-refractivity contribution is 5.84. The Bertz CT molecular complexity index is 1170. The zero-order valence-electron chi connectivity index (χ0n) is 20.4. The second-order valence-electron chi connectivity index (χ2n) is 7.67. The number of carbonyl (C=O) groups is 5. The SMILES string of the molecule is O=C=Nc1cccc(OCC(=O)COC(=O)CCCCC(=O)COC(=O)COc2cccc(NC=O)c2)c1. The molecule has 0 aliphatic heterocycles. The van der Waals surface area contributed by atoms with Gasteiger partial charge in [-0.05, 0) is 37.1 Å². The first-order valence-electron chi connectivity index (χ1n) is 11.5. The predicted molar refractivity (Wildman–Crippen MR) is 132 cm³/mol. The van der Waals surface area contributed by atoms with Gasteiger partial charge < -0.3 is 24.3 Å². The Balaban J connectivity index is 1.52. The number of benzene rings is 2. The van der Waals surface area contributed by atoms with Gasteiger partial charge in [0.15, 0.2) is 19.0 Å². The summed E-state index contributed by atoms with van der Waals surface area (Å²) in [4.78, 5) is 71.5. The fraction of sp³-hybridized carbons (Fsp3) is 0.308. The maximum absolute atomic E-state index is 11.9. The van der Waals surface area contributed by atoms with E-state index in [0.717, 1.165) is 0 Å². The molecule has 0 atom stereocenters. The fourth-order valence-corrected chi connectivity index (χ4v) is 2.89. The summed E-state index contributed by atoms with van der Waals surface area (Å²) in [6.45, 7) is -1.61. The number of hydrogen-bond acceptors (Lipinski definition) is 11. The van der Waals surface area contributed by atoms with Crippen molar-refractivity contribution in [1.29, 1.82) is 0 Å². The first-order chi connectivity index (χ1) is 18.4. The van der Waals surface area contributed by atoms with Crippen LogP contribution in [0.4, 0.5) is 11.4 Å². The van der Waals surface area contributed by atoms with Gasteiger partial charge >= 0.3 is 11.9 Å². The topological polar surface area (TPSA) is 164 Å². The number of hydrogen-bond donors (Lipinski definition) is 1. The third-order valence-corrected chi connectivity index (χ3v) is 4.68. The van der Waals surface area contributed by atoms with Crippen molar-refractivity contribution in [3.8, 4) is 11.5 Å². The lowest BCUT2D eigenvalue weighted by Gasteiger charge is -2.08. The lowest BCUT2D eigenvalue weighted by Crippen LogP contribution is -2.20. The van der Waals surface area contributed by atoms with E-state index >= 15 is 0 Å². The molecule has 2 aromatic rings. The molecular formula is C26H26N2O10. The number of Topliss-reactive ketones (excluding diaryl/α,β-unsaturated/α-hetero) is 2. The third-order valence-electron chi connectivity index (χ3n) is 4.68. The summed E-state index contributed by atoms with van der Waals surface area (Å²) < 4.78 is 20.3. The quantitative estimate of drug-likeness (QED) is 0.100. The molecule has 0 aliphatic rings. The van der Waals surface area contributed by atoms with Gasteiger partial charge in [0.2, 0.25) is 18.3 Å². The fourth-order valence-electron chi connectivity index (χ4n) is 2.89. The number of amides is 1. The maximum atomic E-state index is 11.9. The minimum absolute atomic E-state index is 0.0127. The lowest BCUT2D eigenvalue weighted by molar-refractivity contribution is -0.150. The van der Waals surface area contributed by atoms with Crippen molar-refractivity contribution in [2.75, 3.05) is 31.7 Å². The number of aliphatic imine (C=N–C) groups is 1. The lowest BCUT2D eigenvalue weighted by atomic mass is 10.1. The Morgan fingerprint density at radius 1 is 0.789 bits per heavy atom. The van der Waals surface area contributed by atoms with Gasteiger partial charge in [-0.1, -0.05) is 12.1 Å². The van der Waals surface area contributed by atoms with E-state index < -0.39 is 37.5 Å². The van der Waals surface area contributed by atoms with Crippen molar-refractivity contribution in [1.82, 2.24) is 0 Å². The highest BCUT2D eigenvalue weighted by Gasteiger charge is 2.11. The molecular weight excluding hydrogens is 500 g/mol. The monoisotopic (exact) mass is 526 g/mol. The zero-order chi connectivity index (χ0) is 27.6. The van der Waals surface area contributed by atoms with Crippen LogP contribution in [-0.4, -0.2) is 62.4 Å². The molecule has 0 saturated carbocycles. The van der Waals surface area contributed by atoms with Crippen LogP contribution in [0.25, 0.3) is 0 Å². The van der Waals surface area contributed by atoms with E-state index in [1.165, 1.54) is 18.2 Å². The van der Waals surface area contributed by atoms with Crippen LogP contribution in [0.15, 0.2) is 53.5 Å². The first-order valence-corrected chi connectivity index (χ1v) is 11.5. The molecule has 0 heterocycles. The Hall–Kier alpha value is -4.83. The molecule has 0 aromatic heterocycles. The molecule has 0 aliphatic carbocycles. The van der Waals surface area contributed by atoms with Crippen LogP contribution in [0, 0.1) is 0 Å². The van der Waals surface area contributed by atoms with Gasteiger partial charge in [0.1, 0.15) is 24.7 Å². The van der Waals surface area contributed by atoms with Crippen LogP contribution >= 0.6 is 0 Å². The molecule has 12 heteroatoms. The first kappa shape index (κ1) is 29.4. The summed E-state index contributed by atoms with van der Waals surface area (Å²) >= 11 is 0. The van der Waals surface area contributed by atoms with E-state index in [9.17, 15) is 28.8 Å². The summed E-state index contributed by atoms with van der Waals surface area (Å²) in [7, 11) is 0. The van der Waals surface area contributed by atoms with E-state index in [1.807, 2.05) is 0 Å². The van der Waals surface area contributed by atoms with Gasteiger partial charge in [-0.15, -0.1) is 0 Å². The van der Waals surface area contributed by atoms with Crippen molar-refractivity contribution in [2.45, 2.75) is 25.7 Å². The van der Waals surface area contributed by atoms with E-state index in [0.29, 0.717) is 42.1 Å². The standard InChI is InChI=1S/C26H26N2O10/c29-17-27-19-5-3-8-23(11-19)35-14-22(32)15-37-25(33)10-2-1-7-21(31)13-38-26(34)16-36-24-9-4-6-20(12-24)28-18-30/h3-6,8-9,11-12,18H,1-2,7,10,13-16H2,(H,28,30). The number of carbonyl (C=O) groups excluding carboxylic acids is 6. The number of nitrogens with one attached hydrogen (secondary N) is 1. The number of unbranched alkanes of at least 4 members (excludes halogenated alkanes) is 1. The van der Waals surface area contributed by atoms with Gasteiger partial charge in [0.05, 0.1) is 5.69 Å². The molecule has 0 saturated heterocycles. The minimum atomic E-state index is -0.730. The molecule has 0 unspecified atom stereocenters. The molecule has 38 heavy (non-hydrogen) atoms. The van der Waals surface area contributed by atoms with Crippen molar-refractivity contribution >= 4 is 47.4 Å². The highest BCUT2D eigenvalue weighted by Crippen LogP contribution is 2.19. The normalized spacial score (nSPS) is 9.89. The molecule has 2 aromatic carbocycles. The molecule has 1 N–H and O–H groups in total. The highest BCUT2D eigenvalue weighted by atomic mass is 16.6. The molecule has 0 radical (unpaired) electrons. The molecule has 0 fully saturated rings. The molecule has 200 valence electrons. The maximum Gasteiger partial charge on any atom is 0.344 e. The largest absolute Gasteiger partial charge is 0.486 e. The smallest absolute Gasteiger partial charge is 0.344 e. The predicted octanol–water partition coefficient (Wildman–Crippen LogP) is 2.47. The van der Waals surface area contributed by atoms with Gasteiger partial charge in [0.25, 0.3) is 0 Å². The van der Waals surface area contributed by atoms with E-state index in [2.05, 4.69) is 10.3 Å². The van der Waals surface area contributed by atoms with Crippen LogP contribution in [-0.2, 0) is 38.2 Å². The van der Waals surface area contributed by atoms with Gasteiger partial charge in [-0.25, -0.2) is 9.59 Å². The average Bonchev–Trinajstić information content (AvgIpc) is 2.91.